The first-order chi connectivity index (χ1) is 9.99. The fourth-order valence-electron chi connectivity index (χ4n) is 2.11. The number of rotatable bonds is 0. The molecule has 0 saturated heterocycles. The zero-order chi connectivity index (χ0) is 15.4. The lowest BCUT2D eigenvalue weighted by Crippen LogP contribution is -1.88. The van der Waals surface area contributed by atoms with Crippen LogP contribution < -0.4 is 11.5 Å². The molecule has 0 aliphatic heterocycles. The molecule has 0 atom stereocenters. The lowest BCUT2D eigenvalue weighted by atomic mass is 10.1. The van der Waals surface area contributed by atoms with Gasteiger partial charge in [-0.2, -0.15) is 0 Å². The highest BCUT2D eigenvalue weighted by Crippen LogP contribution is 2.28. The molecule has 3 aromatic rings. The molecule has 0 aliphatic carbocycles. The second kappa shape index (κ2) is 6.18. The highest BCUT2D eigenvalue weighted by molar-refractivity contribution is 5.95. The van der Waals surface area contributed by atoms with Crippen LogP contribution in [0.1, 0.15) is 11.1 Å². The predicted molar refractivity (Wildman–Crippen MR) is 90.4 cm³/mol. The Morgan fingerprint density at radius 1 is 0.857 bits per heavy atom. The average molecular weight is 280 g/mol. The van der Waals surface area contributed by atoms with Crippen molar-refractivity contribution in [2.45, 2.75) is 13.8 Å². The first-order valence-electron chi connectivity index (χ1n) is 6.78. The summed E-state index contributed by atoms with van der Waals surface area (Å²) in [6, 6.07) is 17.2. The summed E-state index contributed by atoms with van der Waals surface area (Å²) in [7, 11) is 0. The largest absolute Gasteiger partial charge is 0.506 e. The second-order valence-electron chi connectivity index (χ2n) is 5.08. The second-order valence-corrected chi connectivity index (χ2v) is 5.08. The molecule has 108 valence electrons. The van der Waals surface area contributed by atoms with E-state index in [4.69, 9.17) is 11.5 Å². The molecule has 0 bridgehead atoms. The molecule has 0 spiro atoms. The van der Waals surface area contributed by atoms with Gasteiger partial charge in [-0.05, 0) is 36.9 Å². The molecular weight excluding hydrogens is 260 g/mol. The highest BCUT2D eigenvalue weighted by Gasteiger charge is 2.00. The fraction of sp³-hybridized carbons (Fsp3) is 0.111. The van der Waals surface area contributed by atoms with Crippen LogP contribution in [0, 0.1) is 13.8 Å². The van der Waals surface area contributed by atoms with Gasteiger partial charge in [-0.3, -0.25) is 0 Å². The normalized spacial score (nSPS) is 10.0. The molecule has 0 heterocycles. The van der Waals surface area contributed by atoms with E-state index in [-0.39, 0.29) is 5.75 Å². The zero-order valence-electron chi connectivity index (χ0n) is 12.3. The van der Waals surface area contributed by atoms with E-state index in [9.17, 15) is 5.11 Å². The first-order valence-corrected chi connectivity index (χ1v) is 6.78. The molecule has 0 aromatic heterocycles. The topological polar surface area (TPSA) is 72.3 Å². The van der Waals surface area contributed by atoms with Crippen molar-refractivity contribution in [3.63, 3.8) is 0 Å². The van der Waals surface area contributed by atoms with Gasteiger partial charge in [0.15, 0.2) is 0 Å². The molecule has 0 radical (unpaired) electrons. The smallest absolute Gasteiger partial charge is 0.139 e. The van der Waals surface area contributed by atoms with E-state index in [0.717, 1.165) is 22.0 Å². The first kappa shape index (κ1) is 14.7. The van der Waals surface area contributed by atoms with E-state index in [1.54, 1.807) is 6.07 Å². The van der Waals surface area contributed by atoms with Crippen LogP contribution >= 0.6 is 0 Å². The predicted octanol–water partition coefficient (Wildman–Crippen LogP) is 4.01. The van der Waals surface area contributed by atoms with Gasteiger partial charge in [0.05, 0.1) is 5.69 Å². The highest BCUT2D eigenvalue weighted by atomic mass is 16.3. The van der Waals surface area contributed by atoms with Crippen molar-refractivity contribution >= 4 is 22.1 Å². The summed E-state index contributed by atoms with van der Waals surface area (Å²) < 4.78 is 0. The van der Waals surface area contributed by atoms with Crippen molar-refractivity contribution < 1.29 is 5.11 Å². The molecular formula is C18H20N2O. The molecule has 3 nitrogen and oxygen atoms in total. The number of hydrogen-bond donors (Lipinski definition) is 3. The minimum Gasteiger partial charge on any atom is -0.506 e. The van der Waals surface area contributed by atoms with Crippen LogP contribution in [0.5, 0.6) is 5.75 Å². The zero-order valence-corrected chi connectivity index (χ0v) is 12.3. The Labute approximate surface area is 124 Å². The van der Waals surface area contributed by atoms with Crippen molar-refractivity contribution in [2.75, 3.05) is 11.5 Å². The number of nitrogens with two attached hydrogens (primary N) is 2. The number of nitrogen functional groups attached to an aromatic ring is 2. The lowest BCUT2D eigenvalue weighted by Gasteiger charge is -2.02. The molecule has 0 saturated carbocycles. The van der Waals surface area contributed by atoms with Gasteiger partial charge in [-0.15, -0.1) is 0 Å². The number of fused-ring (bicyclic) bond motifs is 1. The van der Waals surface area contributed by atoms with Gasteiger partial charge in [0.1, 0.15) is 5.75 Å². The van der Waals surface area contributed by atoms with Gasteiger partial charge < -0.3 is 16.6 Å². The van der Waals surface area contributed by atoms with Crippen LogP contribution in [0.2, 0.25) is 0 Å². The number of aryl methyl sites for hydroxylation is 2. The Bertz CT molecular complexity index is 766. The average Bonchev–Trinajstić information content (AvgIpc) is 2.48. The van der Waals surface area contributed by atoms with Crippen LogP contribution in [0.4, 0.5) is 11.4 Å². The molecule has 3 rings (SSSR count). The van der Waals surface area contributed by atoms with Crippen molar-refractivity contribution in [1.82, 2.24) is 0 Å². The van der Waals surface area contributed by atoms with Gasteiger partial charge in [0.2, 0.25) is 0 Å². The molecule has 21 heavy (non-hydrogen) atoms. The summed E-state index contributed by atoms with van der Waals surface area (Å²) in [6.45, 7) is 4.08. The minimum absolute atomic E-state index is 0.147. The summed E-state index contributed by atoms with van der Waals surface area (Å²) in [4.78, 5) is 0. The fourth-order valence-corrected chi connectivity index (χ4v) is 2.11. The van der Waals surface area contributed by atoms with Crippen LogP contribution in [0.25, 0.3) is 10.8 Å². The van der Waals surface area contributed by atoms with Gasteiger partial charge in [-0.1, -0.05) is 48.0 Å². The van der Waals surface area contributed by atoms with Crippen LogP contribution in [0.3, 0.4) is 0 Å². The number of anilines is 2. The van der Waals surface area contributed by atoms with E-state index in [1.165, 1.54) is 5.56 Å². The maximum absolute atomic E-state index is 9.29. The van der Waals surface area contributed by atoms with Crippen molar-refractivity contribution in [3.05, 3.63) is 65.7 Å². The van der Waals surface area contributed by atoms with Crippen molar-refractivity contribution in [1.29, 1.82) is 0 Å². The van der Waals surface area contributed by atoms with E-state index in [2.05, 4.69) is 13.0 Å². The summed E-state index contributed by atoms with van der Waals surface area (Å²) >= 11 is 0. The molecule has 5 N–H and O–H groups in total. The van der Waals surface area contributed by atoms with E-state index in [0.29, 0.717) is 5.69 Å². The molecule has 3 heteroatoms. The number of hydrogen-bond acceptors (Lipinski definition) is 3. The lowest BCUT2D eigenvalue weighted by molar-refractivity contribution is 0.478. The van der Waals surface area contributed by atoms with Crippen LogP contribution in [-0.2, 0) is 0 Å². The Morgan fingerprint density at radius 3 is 2.24 bits per heavy atom. The third-order valence-corrected chi connectivity index (χ3v) is 3.37. The number of phenols is 1. The Morgan fingerprint density at radius 2 is 1.57 bits per heavy atom. The molecule has 0 fully saturated rings. The Hall–Kier alpha value is -2.68. The third kappa shape index (κ3) is 3.45. The maximum Gasteiger partial charge on any atom is 0.139 e. The number of benzene rings is 3. The van der Waals surface area contributed by atoms with Gasteiger partial charge in [-0.25, -0.2) is 0 Å². The third-order valence-electron chi connectivity index (χ3n) is 3.37. The number of phenolic OH excluding ortho intramolecular Hbond substituents is 1. The SMILES string of the molecule is Cc1ccc(N)c(C)c1.Nc1c(O)ccc2ccccc12. The quantitative estimate of drug-likeness (QED) is 0.430. The summed E-state index contributed by atoms with van der Waals surface area (Å²) in [5.41, 5.74) is 15.0. The monoisotopic (exact) mass is 280 g/mol. The molecule has 0 aliphatic rings. The van der Waals surface area contributed by atoms with Gasteiger partial charge in [0.25, 0.3) is 0 Å². The van der Waals surface area contributed by atoms with Crippen molar-refractivity contribution in [2.24, 2.45) is 0 Å². The maximum atomic E-state index is 9.29. The van der Waals surface area contributed by atoms with Gasteiger partial charge >= 0.3 is 0 Å². The Balaban J connectivity index is 0.000000161. The van der Waals surface area contributed by atoms with E-state index in [1.807, 2.05) is 49.4 Å². The van der Waals surface area contributed by atoms with Crippen LogP contribution in [-0.4, -0.2) is 5.11 Å². The summed E-state index contributed by atoms with van der Waals surface area (Å²) in [5, 5.41) is 11.2. The molecule has 0 unspecified atom stereocenters. The standard InChI is InChI=1S/C10H9NO.C8H11N/c11-10-8-4-2-1-3-7(8)5-6-9(10)12;1-6-3-4-8(9)7(2)5-6/h1-6,12H,11H2;3-5H,9H2,1-2H3. The van der Waals surface area contributed by atoms with E-state index < -0.39 is 0 Å². The number of aromatic hydroxyl groups is 1. The molecule has 0 amide bonds. The molecule has 3 aromatic carbocycles. The minimum atomic E-state index is 0.147. The Kier molecular flexibility index (Phi) is 4.33. The van der Waals surface area contributed by atoms with E-state index >= 15 is 0 Å². The summed E-state index contributed by atoms with van der Waals surface area (Å²) in [5.74, 6) is 0.147. The van der Waals surface area contributed by atoms with Crippen molar-refractivity contribution in [3.8, 4) is 5.75 Å². The van der Waals surface area contributed by atoms with Gasteiger partial charge in [0, 0.05) is 11.1 Å². The van der Waals surface area contributed by atoms with Crippen LogP contribution in [0.15, 0.2) is 54.6 Å². The summed E-state index contributed by atoms with van der Waals surface area (Å²) in [6.07, 6.45) is 0.